The Hall–Kier alpha value is -1.47. The molecule has 1 N–H and O–H groups in total. The van der Waals surface area contributed by atoms with E-state index < -0.39 is 10.0 Å². The van der Waals surface area contributed by atoms with Gasteiger partial charge < -0.3 is 5.32 Å². The lowest BCUT2D eigenvalue weighted by molar-refractivity contribution is -0.121. The first kappa shape index (κ1) is 14.9. The molecule has 1 heterocycles. The second-order valence-electron chi connectivity index (χ2n) is 4.99. The van der Waals surface area contributed by atoms with E-state index >= 15 is 0 Å². The quantitative estimate of drug-likeness (QED) is 0.795. The number of amides is 1. The molecule has 0 atom stereocenters. The molecule has 0 spiro atoms. The van der Waals surface area contributed by atoms with Gasteiger partial charge in [-0.05, 0) is 24.5 Å². The zero-order chi connectivity index (χ0) is 14.6. The Morgan fingerprint density at radius 3 is 2.80 bits per heavy atom. The van der Waals surface area contributed by atoms with Crippen molar-refractivity contribution in [1.29, 1.82) is 0 Å². The highest BCUT2D eigenvalue weighted by Crippen LogP contribution is 2.28. The van der Waals surface area contributed by atoms with Crippen LogP contribution in [0.2, 0.25) is 0 Å². The third kappa shape index (κ3) is 4.57. The third-order valence-electron chi connectivity index (χ3n) is 3.15. The van der Waals surface area contributed by atoms with Crippen LogP contribution in [-0.2, 0) is 21.4 Å². The van der Waals surface area contributed by atoms with Crippen LogP contribution in [-0.4, -0.2) is 42.5 Å². The number of nitrogens with one attached hydrogen (secondary N) is 1. The fourth-order valence-corrected chi connectivity index (χ4v) is 3.16. The summed E-state index contributed by atoms with van der Waals surface area (Å²) in [6, 6.07) is 3.77. The fourth-order valence-electron chi connectivity index (χ4n) is 1.99. The lowest BCUT2D eigenvalue weighted by Crippen LogP contribution is -2.36. The molecule has 1 aliphatic carbocycles. The predicted molar refractivity (Wildman–Crippen MR) is 75.3 cm³/mol. The van der Waals surface area contributed by atoms with Gasteiger partial charge >= 0.3 is 0 Å². The van der Waals surface area contributed by atoms with Crippen molar-refractivity contribution >= 4 is 15.9 Å². The monoisotopic (exact) mass is 297 g/mol. The molecule has 0 aliphatic heterocycles. The number of hydrogen-bond donors (Lipinski definition) is 1. The van der Waals surface area contributed by atoms with Crippen molar-refractivity contribution in [3.63, 3.8) is 0 Å². The van der Waals surface area contributed by atoms with Crippen molar-refractivity contribution in [3.8, 4) is 0 Å². The largest absolute Gasteiger partial charge is 0.352 e. The number of hydrogen-bond acceptors (Lipinski definition) is 4. The summed E-state index contributed by atoms with van der Waals surface area (Å²) in [7, 11) is -3.22. The van der Waals surface area contributed by atoms with Crippen LogP contribution >= 0.6 is 0 Å². The molecule has 20 heavy (non-hydrogen) atoms. The van der Waals surface area contributed by atoms with Gasteiger partial charge in [0.2, 0.25) is 15.9 Å². The highest BCUT2D eigenvalue weighted by atomic mass is 32.2. The Morgan fingerprint density at radius 2 is 2.25 bits per heavy atom. The van der Waals surface area contributed by atoms with E-state index in [2.05, 4.69) is 10.3 Å². The summed E-state index contributed by atoms with van der Waals surface area (Å²) in [6.07, 6.45) is 6.52. The summed E-state index contributed by atoms with van der Waals surface area (Å²) >= 11 is 0. The molecule has 1 aromatic rings. The molecule has 1 saturated carbocycles. The number of pyridine rings is 1. The molecule has 1 aliphatic rings. The average molecular weight is 297 g/mol. The predicted octanol–water partition coefficient (Wildman–Crippen LogP) is 0.512. The van der Waals surface area contributed by atoms with Crippen molar-refractivity contribution in [3.05, 3.63) is 30.1 Å². The maximum atomic E-state index is 11.7. The minimum absolute atomic E-state index is 0.0936. The second-order valence-corrected chi connectivity index (χ2v) is 6.93. The van der Waals surface area contributed by atoms with E-state index in [0.717, 1.165) is 18.4 Å². The van der Waals surface area contributed by atoms with Crippen molar-refractivity contribution in [2.75, 3.05) is 12.8 Å². The molecule has 1 fully saturated rings. The normalized spacial score (nSPS) is 15.3. The molecule has 2 rings (SSSR count). The molecule has 1 aromatic heterocycles. The number of carbonyl (C=O) groups is 1. The molecule has 6 nitrogen and oxygen atoms in total. The molecule has 7 heteroatoms. The number of nitrogens with zero attached hydrogens (tertiary/aromatic N) is 2. The van der Waals surface area contributed by atoms with Crippen LogP contribution in [0.25, 0.3) is 0 Å². The van der Waals surface area contributed by atoms with Crippen molar-refractivity contribution in [2.24, 2.45) is 0 Å². The molecular formula is C13H19N3O3S. The van der Waals surface area contributed by atoms with Crippen LogP contribution < -0.4 is 5.32 Å². The van der Waals surface area contributed by atoms with Crippen molar-refractivity contribution < 1.29 is 13.2 Å². The van der Waals surface area contributed by atoms with Gasteiger partial charge in [-0.3, -0.25) is 9.78 Å². The topological polar surface area (TPSA) is 79.4 Å². The van der Waals surface area contributed by atoms with Gasteiger partial charge in [0.05, 0.1) is 6.26 Å². The fraction of sp³-hybridized carbons (Fsp3) is 0.538. The lowest BCUT2D eigenvalue weighted by Gasteiger charge is -2.18. The van der Waals surface area contributed by atoms with Gasteiger partial charge in [-0.25, -0.2) is 8.42 Å². The zero-order valence-electron chi connectivity index (χ0n) is 11.4. The Morgan fingerprint density at radius 1 is 1.50 bits per heavy atom. The third-order valence-corrected chi connectivity index (χ3v) is 4.48. The van der Waals surface area contributed by atoms with Gasteiger partial charge in [-0.1, -0.05) is 6.07 Å². The first-order valence-corrected chi connectivity index (χ1v) is 8.44. The van der Waals surface area contributed by atoms with Crippen LogP contribution in [0.3, 0.4) is 0 Å². The van der Waals surface area contributed by atoms with Crippen LogP contribution in [0.5, 0.6) is 0 Å². The van der Waals surface area contributed by atoms with E-state index in [1.54, 1.807) is 18.5 Å². The molecule has 0 radical (unpaired) electrons. The first-order valence-electron chi connectivity index (χ1n) is 6.59. The molecule has 110 valence electrons. The van der Waals surface area contributed by atoms with Gasteiger partial charge in [0.25, 0.3) is 0 Å². The second kappa shape index (κ2) is 6.32. The standard InChI is InChI=1S/C13H19N3O3S/c1-20(18,19)16(12-4-5-12)8-6-13(17)15-10-11-3-2-7-14-9-11/h2-3,7,9,12H,4-6,8,10H2,1H3,(H,15,17). The Balaban J connectivity index is 1.77. The van der Waals surface area contributed by atoms with Gasteiger partial charge in [0.15, 0.2) is 0 Å². The molecule has 0 saturated heterocycles. The minimum Gasteiger partial charge on any atom is -0.352 e. The van der Waals surface area contributed by atoms with E-state index in [1.807, 2.05) is 6.07 Å². The summed E-state index contributed by atoms with van der Waals surface area (Å²) in [5.41, 5.74) is 0.919. The van der Waals surface area contributed by atoms with E-state index in [9.17, 15) is 13.2 Å². The van der Waals surface area contributed by atoms with Gasteiger partial charge in [0.1, 0.15) is 0 Å². The smallest absolute Gasteiger partial charge is 0.221 e. The summed E-state index contributed by atoms with van der Waals surface area (Å²) in [6.45, 7) is 0.664. The maximum Gasteiger partial charge on any atom is 0.221 e. The van der Waals surface area contributed by atoms with E-state index in [1.165, 1.54) is 10.6 Å². The molecule has 0 bridgehead atoms. The maximum absolute atomic E-state index is 11.7. The van der Waals surface area contributed by atoms with E-state index in [0.29, 0.717) is 6.54 Å². The Bertz CT molecular complexity index is 555. The molecule has 0 aromatic carbocycles. The average Bonchev–Trinajstić information content (AvgIpc) is 3.21. The van der Waals surface area contributed by atoms with Gasteiger partial charge in [-0.15, -0.1) is 0 Å². The van der Waals surface area contributed by atoms with Crippen LogP contribution in [0.1, 0.15) is 24.8 Å². The van der Waals surface area contributed by atoms with Gasteiger partial charge in [0, 0.05) is 37.9 Å². The molecule has 1 amide bonds. The Kier molecular flexibility index (Phi) is 4.72. The highest BCUT2D eigenvalue weighted by Gasteiger charge is 2.34. The number of sulfonamides is 1. The minimum atomic E-state index is -3.22. The number of carbonyl (C=O) groups excluding carboxylic acids is 1. The number of rotatable bonds is 7. The van der Waals surface area contributed by atoms with Crippen molar-refractivity contribution in [1.82, 2.24) is 14.6 Å². The van der Waals surface area contributed by atoms with Crippen LogP contribution in [0.4, 0.5) is 0 Å². The van der Waals surface area contributed by atoms with E-state index in [-0.39, 0.29) is 24.9 Å². The lowest BCUT2D eigenvalue weighted by atomic mass is 10.3. The Labute approximate surface area is 119 Å². The van der Waals surface area contributed by atoms with Gasteiger partial charge in [-0.2, -0.15) is 4.31 Å². The highest BCUT2D eigenvalue weighted by molar-refractivity contribution is 7.88. The summed E-state index contributed by atoms with van der Waals surface area (Å²) < 4.78 is 24.6. The zero-order valence-corrected chi connectivity index (χ0v) is 12.3. The summed E-state index contributed by atoms with van der Waals surface area (Å²) in [4.78, 5) is 15.7. The van der Waals surface area contributed by atoms with Crippen molar-refractivity contribution in [2.45, 2.75) is 31.8 Å². The summed E-state index contributed by atoms with van der Waals surface area (Å²) in [5, 5.41) is 2.76. The molecule has 0 unspecified atom stereocenters. The summed E-state index contributed by atoms with van der Waals surface area (Å²) in [5.74, 6) is -0.150. The number of aromatic nitrogens is 1. The SMILES string of the molecule is CS(=O)(=O)N(CCC(=O)NCc1cccnc1)C1CC1. The van der Waals surface area contributed by atoms with E-state index in [4.69, 9.17) is 0 Å². The van der Waals surface area contributed by atoms with Crippen LogP contribution in [0, 0.1) is 0 Å². The molecular weight excluding hydrogens is 278 g/mol. The first-order chi connectivity index (χ1) is 9.47. The van der Waals surface area contributed by atoms with Crippen LogP contribution in [0.15, 0.2) is 24.5 Å².